The molecule has 1 atom stereocenters. The lowest BCUT2D eigenvalue weighted by Crippen LogP contribution is -2.54. The zero-order chi connectivity index (χ0) is 32.4. The number of anilines is 1. The topological polar surface area (TPSA) is 96.0 Å². The lowest BCUT2D eigenvalue weighted by molar-refractivity contribution is -0.140. The van der Waals surface area contributed by atoms with Crippen molar-refractivity contribution in [2.75, 3.05) is 17.5 Å². The molecule has 4 aromatic carbocycles. The molecule has 10 heteroatoms. The van der Waals surface area contributed by atoms with Crippen LogP contribution in [-0.4, -0.2) is 50.4 Å². The first-order valence-corrected chi connectivity index (χ1v) is 17.0. The third-order valence-corrected chi connectivity index (χ3v) is 9.27. The second-order valence-corrected chi connectivity index (χ2v) is 13.6. The Labute approximate surface area is 274 Å². The van der Waals surface area contributed by atoms with E-state index in [1.807, 2.05) is 75.4 Å². The van der Waals surface area contributed by atoms with E-state index in [9.17, 15) is 18.0 Å². The molecule has 8 nitrogen and oxygen atoms in total. The predicted octanol–water partition coefficient (Wildman–Crippen LogP) is 6.21. The molecule has 0 radical (unpaired) electrons. The summed E-state index contributed by atoms with van der Waals surface area (Å²) in [6.07, 6.45) is 0.244. The van der Waals surface area contributed by atoms with Crippen LogP contribution in [0.4, 0.5) is 5.69 Å². The first-order valence-electron chi connectivity index (χ1n) is 14.8. The number of carbonyl (C=O) groups is 2. The van der Waals surface area contributed by atoms with Crippen LogP contribution in [0.2, 0.25) is 0 Å². The number of hydrogen-bond donors (Lipinski definition) is 1. The number of rotatable bonds is 14. The lowest BCUT2D eigenvalue weighted by Gasteiger charge is -2.34. The third-order valence-electron chi connectivity index (χ3n) is 6.99. The minimum absolute atomic E-state index is 0.0450. The number of benzene rings is 4. The number of carbonyl (C=O) groups excluding carboxylic acids is 2. The van der Waals surface area contributed by atoms with Crippen LogP contribution >= 0.6 is 15.9 Å². The number of amides is 2. The average molecular weight is 693 g/mol. The summed E-state index contributed by atoms with van der Waals surface area (Å²) >= 11 is 3.50. The van der Waals surface area contributed by atoms with Gasteiger partial charge in [0.15, 0.2) is 0 Å². The van der Waals surface area contributed by atoms with Crippen LogP contribution in [0.25, 0.3) is 0 Å². The standard InChI is InChI=1S/C35H38BrN3O5S/c1-4-44-31-20-18-30(19-21-31)39(45(42,43)32-16-9-6-10-17-32)25-34(40)38(24-28-14-11-15-29(36)22-28)33(35(41)37-26(2)3)23-27-12-7-5-8-13-27/h5-22,26,33H,4,23-25H2,1-3H3,(H,37,41)/t33-/m0/s1. The SMILES string of the molecule is CCOc1ccc(N(CC(=O)N(Cc2cccc(Br)c2)[C@@H](Cc2ccccc2)C(=O)NC(C)C)S(=O)(=O)c2ccccc2)cc1. The van der Waals surface area contributed by atoms with Crippen LogP contribution in [0.1, 0.15) is 31.9 Å². The fourth-order valence-corrected chi connectivity index (χ4v) is 6.77. The molecule has 0 aliphatic rings. The largest absolute Gasteiger partial charge is 0.494 e. The Kier molecular flexibility index (Phi) is 11.8. The van der Waals surface area contributed by atoms with Crippen LogP contribution in [0.15, 0.2) is 119 Å². The van der Waals surface area contributed by atoms with Crippen LogP contribution < -0.4 is 14.4 Å². The van der Waals surface area contributed by atoms with E-state index in [1.54, 1.807) is 42.5 Å². The molecule has 0 saturated carbocycles. The summed E-state index contributed by atoms with van der Waals surface area (Å²) < 4.78 is 35.6. The molecular weight excluding hydrogens is 654 g/mol. The van der Waals surface area contributed by atoms with Gasteiger partial charge in [-0.3, -0.25) is 13.9 Å². The van der Waals surface area contributed by atoms with Gasteiger partial charge in [-0.2, -0.15) is 0 Å². The Morgan fingerprint density at radius 1 is 0.844 bits per heavy atom. The molecule has 0 fully saturated rings. The van der Waals surface area contributed by atoms with Crippen molar-refractivity contribution in [1.82, 2.24) is 10.2 Å². The highest BCUT2D eigenvalue weighted by molar-refractivity contribution is 9.10. The van der Waals surface area contributed by atoms with Crippen LogP contribution in [0.5, 0.6) is 5.75 Å². The molecule has 0 saturated heterocycles. The molecule has 0 spiro atoms. The number of sulfonamides is 1. The molecule has 45 heavy (non-hydrogen) atoms. The molecule has 0 heterocycles. The average Bonchev–Trinajstić information content (AvgIpc) is 3.02. The van der Waals surface area contributed by atoms with Gasteiger partial charge in [-0.25, -0.2) is 8.42 Å². The number of ether oxygens (including phenoxy) is 1. The molecule has 0 aliphatic heterocycles. The Morgan fingerprint density at radius 2 is 1.47 bits per heavy atom. The van der Waals surface area contributed by atoms with Gasteiger partial charge in [0.05, 0.1) is 17.2 Å². The Morgan fingerprint density at radius 3 is 2.07 bits per heavy atom. The number of halogens is 1. The normalized spacial score (nSPS) is 11.9. The van der Waals surface area contributed by atoms with Crippen LogP contribution in [0, 0.1) is 0 Å². The van der Waals surface area contributed by atoms with Gasteiger partial charge in [0.2, 0.25) is 11.8 Å². The fourth-order valence-electron chi connectivity index (χ4n) is 4.89. The van der Waals surface area contributed by atoms with Gasteiger partial charge in [-0.1, -0.05) is 76.6 Å². The Bertz CT molecular complexity index is 1670. The van der Waals surface area contributed by atoms with Crippen molar-refractivity contribution in [3.05, 3.63) is 125 Å². The molecule has 4 rings (SSSR count). The highest BCUT2D eigenvalue weighted by atomic mass is 79.9. The molecule has 1 N–H and O–H groups in total. The molecule has 0 aromatic heterocycles. The van der Waals surface area contributed by atoms with E-state index in [-0.39, 0.29) is 29.8 Å². The smallest absolute Gasteiger partial charge is 0.264 e. The number of hydrogen-bond acceptors (Lipinski definition) is 5. The highest BCUT2D eigenvalue weighted by Crippen LogP contribution is 2.27. The minimum atomic E-state index is -4.17. The zero-order valence-corrected chi connectivity index (χ0v) is 28.0. The summed E-state index contributed by atoms with van der Waals surface area (Å²) in [5.41, 5.74) is 1.95. The Hall–Kier alpha value is -4.15. The van der Waals surface area contributed by atoms with Crippen molar-refractivity contribution in [2.24, 2.45) is 0 Å². The van der Waals surface area contributed by atoms with E-state index in [4.69, 9.17) is 4.74 Å². The molecule has 236 valence electrons. The number of nitrogens with one attached hydrogen (secondary N) is 1. The molecule has 0 bridgehead atoms. The molecule has 0 aliphatic carbocycles. The van der Waals surface area contributed by atoms with Crippen molar-refractivity contribution < 1.29 is 22.7 Å². The van der Waals surface area contributed by atoms with Crippen LogP contribution in [-0.2, 0) is 32.6 Å². The lowest BCUT2D eigenvalue weighted by atomic mass is 10.0. The maximum absolute atomic E-state index is 14.5. The van der Waals surface area contributed by atoms with Crippen molar-refractivity contribution in [3.8, 4) is 5.75 Å². The van der Waals surface area contributed by atoms with Gasteiger partial charge in [-0.05, 0) is 80.4 Å². The molecule has 0 unspecified atom stereocenters. The van der Waals surface area contributed by atoms with E-state index < -0.39 is 28.5 Å². The summed E-state index contributed by atoms with van der Waals surface area (Å²) in [4.78, 5) is 29.8. The zero-order valence-electron chi connectivity index (χ0n) is 25.6. The second-order valence-electron chi connectivity index (χ2n) is 10.8. The maximum Gasteiger partial charge on any atom is 0.264 e. The summed E-state index contributed by atoms with van der Waals surface area (Å²) in [5, 5.41) is 2.97. The maximum atomic E-state index is 14.5. The summed E-state index contributed by atoms with van der Waals surface area (Å²) in [6, 6.07) is 30.4. The van der Waals surface area contributed by atoms with Crippen LogP contribution in [0.3, 0.4) is 0 Å². The Balaban J connectivity index is 1.80. The van der Waals surface area contributed by atoms with E-state index in [0.717, 1.165) is 19.9 Å². The summed E-state index contributed by atoms with van der Waals surface area (Å²) in [7, 11) is -4.17. The van der Waals surface area contributed by atoms with Gasteiger partial charge < -0.3 is 15.0 Å². The summed E-state index contributed by atoms with van der Waals surface area (Å²) in [5.74, 6) is -0.270. The van der Waals surface area contributed by atoms with Gasteiger partial charge in [0, 0.05) is 23.5 Å². The van der Waals surface area contributed by atoms with Crippen molar-refractivity contribution in [3.63, 3.8) is 0 Å². The summed E-state index contributed by atoms with van der Waals surface area (Å²) in [6.45, 7) is 5.59. The molecule has 2 amide bonds. The van der Waals surface area contributed by atoms with Gasteiger partial charge >= 0.3 is 0 Å². The first-order chi connectivity index (χ1) is 21.6. The van der Waals surface area contributed by atoms with E-state index in [2.05, 4.69) is 21.2 Å². The molecule has 4 aromatic rings. The monoisotopic (exact) mass is 691 g/mol. The van der Waals surface area contributed by atoms with Crippen molar-refractivity contribution in [2.45, 2.75) is 50.7 Å². The van der Waals surface area contributed by atoms with E-state index in [0.29, 0.717) is 18.0 Å². The number of nitrogens with zero attached hydrogens (tertiary/aromatic N) is 2. The van der Waals surface area contributed by atoms with Crippen molar-refractivity contribution >= 4 is 43.5 Å². The van der Waals surface area contributed by atoms with E-state index in [1.165, 1.54) is 17.0 Å². The van der Waals surface area contributed by atoms with Gasteiger partial charge in [0.25, 0.3) is 10.0 Å². The first kappa shape index (κ1) is 33.7. The van der Waals surface area contributed by atoms with E-state index >= 15 is 0 Å². The van der Waals surface area contributed by atoms with Gasteiger partial charge in [0.1, 0.15) is 18.3 Å². The second kappa shape index (κ2) is 15.7. The minimum Gasteiger partial charge on any atom is -0.494 e. The van der Waals surface area contributed by atoms with Crippen molar-refractivity contribution in [1.29, 1.82) is 0 Å². The van der Waals surface area contributed by atoms with Gasteiger partial charge in [-0.15, -0.1) is 0 Å². The molecular formula is C35H38BrN3O5S. The quantitative estimate of drug-likeness (QED) is 0.170. The fraction of sp³-hybridized carbons (Fsp3) is 0.257. The highest BCUT2D eigenvalue weighted by Gasteiger charge is 2.34. The third kappa shape index (κ3) is 9.18. The predicted molar refractivity (Wildman–Crippen MR) is 180 cm³/mol.